The molecule has 2 amide bonds. The van der Waals surface area contributed by atoms with E-state index < -0.39 is 5.54 Å². The Bertz CT molecular complexity index is 360. The minimum Gasteiger partial charge on any atom is -0.340 e. The van der Waals surface area contributed by atoms with E-state index in [4.69, 9.17) is 0 Å². The van der Waals surface area contributed by atoms with Crippen LogP contribution in [-0.2, 0) is 9.59 Å². The van der Waals surface area contributed by atoms with Crippen LogP contribution >= 0.6 is 0 Å². The molecule has 0 aromatic carbocycles. The standard InChI is InChI=1S/C12H18N2O2/c1-7-10(15)13-12(2,8-3-4-8)11(16)14(7)9-5-6-9/h7-9H,3-6H2,1-2H3,(H,13,15). The first-order valence-electron chi connectivity index (χ1n) is 6.19. The largest absolute Gasteiger partial charge is 0.340 e. The highest BCUT2D eigenvalue weighted by atomic mass is 16.2. The van der Waals surface area contributed by atoms with Crippen molar-refractivity contribution in [1.29, 1.82) is 0 Å². The summed E-state index contributed by atoms with van der Waals surface area (Å²) < 4.78 is 0. The zero-order valence-corrected chi connectivity index (χ0v) is 9.82. The summed E-state index contributed by atoms with van der Waals surface area (Å²) in [7, 11) is 0. The van der Waals surface area contributed by atoms with Gasteiger partial charge < -0.3 is 10.2 Å². The Morgan fingerprint density at radius 2 is 1.88 bits per heavy atom. The van der Waals surface area contributed by atoms with Crippen LogP contribution in [0.2, 0.25) is 0 Å². The lowest BCUT2D eigenvalue weighted by Gasteiger charge is -2.43. The highest BCUT2D eigenvalue weighted by molar-refractivity contribution is 6.00. The van der Waals surface area contributed by atoms with Crippen LogP contribution in [0.15, 0.2) is 0 Å². The van der Waals surface area contributed by atoms with Crippen molar-refractivity contribution >= 4 is 11.8 Å². The molecular formula is C12H18N2O2. The Labute approximate surface area is 95.4 Å². The fraction of sp³-hybridized carbons (Fsp3) is 0.833. The summed E-state index contributed by atoms with van der Waals surface area (Å²) in [5.74, 6) is 0.517. The maximum atomic E-state index is 12.5. The van der Waals surface area contributed by atoms with Gasteiger partial charge in [-0.25, -0.2) is 0 Å². The van der Waals surface area contributed by atoms with E-state index in [0.29, 0.717) is 12.0 Å². The zero-order chi connectivity index (χ0) is 11.5. The molecule has 4 heteroatoms. The van der Waals surface area contributed by atoms with Crippen LogP contribution in [0.1, 0.15) is 39.5 Å². The van der Waals surface area contributed by atoms with Crippen molar-refractivity contribution in [3.05, 3.63) is 0 Å². The number of hydrogen-bond donors (Lipinski definition) is 1. The minimum absolute atomic E-state index is 0.0147. The van der Waals surface area contributed by atoms with Gasteiger partial charge in [-0.2, -0.15) is 0 Å². The van der Waals surface area contributed by atoms with Crippen molar-refractivity contribution in [2.24, 2.45) is 5.92 Å². The molecule has 0 bridgehead atoms. The number of piperazine rings is 1. The lowest BCUT2D eigenvalue weighted by Crippen LogP contribution is -2.69. The topological polar surface area (TPSA) is 49.4 Å². The Morgan fingerprint density at radius 3 is 2.38 bits per heavy atom. The molecule has 0 spiro atoms. The summed E-state index contributed by atoms with van der Waals surface area (Å²) in [5, 5.41) is 2.94. The van der Waals surface area contributed by atoms with E-state index in [2.05, 4.69) is 5.32 Å². The molecule has 2 atom stereocenters. The fourth-order valence-corrected chi connectivity index (χ4v) is 2.76. The SMILES string of the molecule is CC1C(=O)NC(C)(C2CC2)C(=O)N1C1CC1. The molecule has 88 valence electrons. The molecule has 3 fully saturated rings. The van der Waals surface area contributed by atoms with Crippen molar-refractivity contribution in [1.82, 2.24) is 10.2 Å². The lowest BCUT2D eigenvalue weighted by molar-refractivity contribution is -0.155. The van der Waals surface area contributed by atoms with Crippen molar-refractivity contribution in [3.8, 4) is 0 Å². The fourth-order valence-electron chi connectivity index (χ4n) is 2.76. The zero-order valence-electron chi connectivity index (χ0n) is 9.82. The molecule has 2 unspecified atom stereocenters. The van der Waals surface area contributed by atoms with Crippen LogP contribution in [0.3, 0.4) is 0 Å². The number of nitrogens with one attached hydrogen (secondary N) is 1. The second-order valence-corrected chi connectivity index (χ2v) is 5.59. The molecule has 0 aromatic rings. The first-order valence-corrected chi connectivity index (χ1v) is 6.19. The van der Waals surface area contributed by atoms with Gasteiger partial charge in [0.2, 0.25) is 11.8 Å². The first kappa shape index (κ1) is 10.1. The van der Waals surface area contributed by atoms with Gasteiger partial charge in [0.05, 0.1) is 0 Å². The van der Waals surface area contributed by atoms with Crippen LogP contribution in [0, 0.1) is 5.92 Å². The molecule has 1 aliphatic heterocycles. The van der Waals surface area contributed by atoms with Gasteiger partial charge in [0.1, 0.15) is 11.6 Å². The van der Waals surface area contributed by atoms with Crippen LogP contribution in [0.25, 0.3) is 0 Å². The Kier molecular flexibility index (Phi) is 1.89. The average Bonchev–Trinajstić information content (AvgIpc) is 3.05. The molecular weight excluding hydrogens is 204 g/mol. The Morgan fingerprint density at radius 1 is 1.25 bits per heavy atom. The molecule has 16 heavy (non-hydrogen) atoms. The molecule has 1 N–H and O–H groups in total. The summed E-state index contributed by atoms with van der Waals surface area (Å²) in [6, 6.07) is 0.0402. The van der Waals surface area contributed by atoms with Crippen molar-refractivity contribution < 1.29 is 9.59 Å². The van der Waals surface area contributed by atoms with Crippen LogP contribution < -0.4 is 5.32 Å². The molecule has 3 rings (SSSR count). The quantitative estimate of drug-likeness (QED) is 0.746. The summed E-state index contributed by atoms with van der Waals surface area (Å²) in [4.78, 5) is 26.2. The summed E-state index contributed by atoms with van der Waals surface area (Å²) in [6.07, 6.45) is 4.25. The van der Waals surface area contributed by atoms with E-state index in [1.807, 2.05) is 18.7 Å². The molecule has 4 nitrogen and oxygen atoms in total. The van der Waals surface area contributed by atoms with E-state index in [9.17, 15) is 9.59 Å². The summed E-state index contributed by atoms with van der Waals surface area (Å²) in [6.45, 7) is 3.73. The van der Waals surface area contributed by atoms with Gasteiger partial charge in [-0.3, -0.25) is 9.59 Å². The Hall–Kier alpha value is -1.06. The minimum atomic E-state index is -0.619. The third-order valence-corrected chi connectivity index (χ3v) is 4.19. The third kappa shape index (κ3) is 1.28. The highest BCUT2D eigenvalue weighted by Crippen LogP contribution is 2.44. The monoisotopic (exact) mass is 222 g/mol. The van der Waals surface area contributed by atoms with E-state index in [0.717, 1.165) is 25.7 Å². The molecule has 1 heterocycles. The summed E-state index contributed by atoms with van der Waals surface area (Å²) in [5.41, 5.74) is -0.619. The normalized spacial score (nSPS) is 39.9. The van der Waals surface area contributed by atoms with Gasteiger partial charge in [-0.1, -0.05) is 0 Å². The maximum absolute atomic E-state index is 12.5. The number of rotatable bonds is 2. The molecule has 2 aliphatic carbocycles. The molecule has 0 aromatic heterocycles. The highest BCUT2D eigenvalue weighted by Gasteiger charge is 2.56. The van der Waals surface area contributed by atoms with Gasteiger partial charge >= 0.3 is 0 Å². The first-order chi connectivity index (χ1) is 7.54. The van der Waals surface area contributed by atoms with Gasteiger partial charge in [0.15, 0.2) is 0 Å². The average molecular weight is 222 g/mol. The number of nitrogens with zero attached hydrogens (tertiary/aromatic N) is 1. The smallest absolute Gasteiger partial charge is 0.249 e. The number of hydrogen-bond acceptors (Lipinski definition) is 2. The van der Waals surface area contributed by atoms with Crippen LogP contribution in [0.5, 0.6) is 0 Å². The van der Waals surface area contributed by atoms with E-state index in [1.165, 1.54) is 0 Å². The molecule has 3 aliphatic rings. The summed E-state index contributed by atoms with van der Waals surface area (Å²) >= 11 is 0. The van der Waals surface area contributed by atoms with Crippen molar-refractivity contribution in [2.75, 3.05) is 0 Å². The van der Waals surface area contributed by atoms with Gasteiger partial charge in [-0.15, -0.1) is 0 Å². The molecule has 1 saturated heterocycles. The van der Waals surface area contributed by atoms with E-state index in [1.54, 1.807) is 0 Å². The predicted molar refractivity (Wildman–Crippen MR) is 58.6 cm³/mol. The van der Waals surface area contributed by atoms with Crippen molar-refractivity contribution in [2.45, 2.75) is 57.2 Å². The maximum Gasteiger partial charge on any atom is 0.249 e. The number of carbonyl (C=O) groups is 2. The second-order valence-electron chi connectivity index (χ2n) is 5.59. The predicted octanol–water partition coefficient (Wildman–Crippen LogP) is 0.664. The van der Waals surface area contributed by atoms with Gasteiger partial charge in [0, 0.05) is 6.04 Å². The molecule has 2 saturated carbocycles. The van der Waals surface area contributed by atoms with Gasteiger partial charge in [0.25, 0.3) is 0 Å². The van der Waals surface area contributed by atoms with Gasteiger partial charge in [-0.05, 0) is 45.4 Å². The number of amides is 2. The van der Waals surface area contributed by atoms with Crippen molar-refractivity contribution in [3.63, 3.8) is 0 Å². The molecule has 0 radical (unpaired) electrons. The van der Waals surface area contributed by atoms with Crippen LogP contribution in [-0.4, -0.2) is 34.3 Å². The van der Waals surface area contributed by atoms with E-state index in [-0.39, 0.29) is 17.9 Å². The third-order valence-electron chi connectivity index (χ3n) is 4.19. The van der Waals surface area contributed by atoms with E-state index >= 15 is 0 Å². The number of carbonyl (C=O) groups excluding carboxylic acids is 2. The Balaban J connectivity index is 1.92. The lowest BCUT2D eigenvalue weighted by atomic mass is 9.89. The van der Waals surface area contributed by atoms with Crippen LogP contribution in [0.4, 0.5) is 0 Å². The second kappa shape index (κ2) is 2.99.